The van der Waals surface area contributed by atoms with Gasteiger partial charge in [0.25, 0.3) is 0 Å². The molecule has 0 aliphatic carbocycles. The molecule has 136 valence electrons. The van der Waals surface area contributed by atoms with Crippen molar-refractivity contribution in [1.82, 2.24) is 10.6 Å². The van der Waals surface area contributed by atoms with Crippen LogP contribution in [-0.4, -0.2) is 32.8 Å². The second-order valence-electron chi connectivity index (χ2n) is 4.97. The van der Waals surface area contributed by atoms with Crippen molar-refractivity contribution < 1.29 is 32.6 Å². The van der Waals surface area contributed by atoms with Crippen molar-refractivity contribution in [2.75, 3.05) is 14.2 Å². The molecule has 1 aromatic rings. The van der Waals surface area contributed by atoms with E-state index in [0.717, 1.165) is 0 Å². The fourth-order valence-electron chi connectivity index (χ4n) is 2.43. The standard InChI is InChI=1S/C15H15ClF2N2O5/c1-6-10(13(21)24-3)11(20-15(22)19-6)7-4-8(16)12(25-14(17)18)9(5-7)23-2/h4-5,11,14H,1-3H3,(H2,19,20,22)/t11-/m0/s1. The Morgan fingerprint density at radius 1 is 1.32 bits per heavy atom. The van der Waals surface area contributed by atoms with Gasteiger partial charge in [-0.3, -0.25) is 0 Å². The zero-order chi connectivity index (χ0) is 18.7. The number of amides is 2. The summed E-state index contributed by atoms with van der Waals surface area (Å²) in [6, 6.07) is 1.19. The van der Waals surface area contributed by atoms with Crippen LogP contribution < -0.4 is 20.1 Å². The molecule has 0 bridgehead atoms. The quantitative estimate of drug-likeness (QED) is 0.772. The molecule has 2 amide bonds. The first-order valence-electron chi connectivity index (χ1n) is 6.97. The van der Waals surface area contributed by atoms with E-state index in [2.05, 4.69) is 15.4 Å². The Balaban J connectivity index is 2.55. The van der Waals surface area contributed by atoms with Crippen LogP contribution in [0.25, 0.3) is 0 Å². The van der Waals surface area contributed by atoms with Crippen LogP contribution in [0.4, 0.5) is 13.6 Å². The number of ether oxygens (including phenoxy) is 3. The van der Waals surface area contributed by atoms with Gasteiger partial charge in [-0.25, -0.2) is 9.59 Å². The third-order valence-corrected chi connectivity index (χ3v) is 3.75. The number of rotatable bonds is 5. The molecule has 0 aromatic heterocycles. The van der Waals surface area contributed by atoms with Gasteiger partial charge in [0.15, 0.2) is 11.5 Å². The molecule has 10 heteroatoms. The van der Waals surface area contributed by atoms with Crippen LogP contribution in [0.15, 0.2) is 23.4 Å². The lowest BCUT2D eigenvalue weighted by Gasteiger charge is -2.28. The van der Waals surface area contributed by atoms with E-state index in [1.54, 1.807) is 0 Å². The molecule has 0 unspecified atom stereocenters. The topological polar surface area (TPSA) is 85.9 Å². The molecule has 1 atom stereocenters. The van der Waals surface area contributed by atoms with E-state index in [9.17, 15) is 18.4 Å². The summed E-state index contributed by atoms with van der Waals surface area (Å²) in [4.78, 5) is 23.8. The van der Waals surface area contributed by atoms with Crippen LogP contribution in [0.3, 0.4) is 0 Å². The van der Waals surface area contributed by atoms with E-state index >= 15 is 0 Å². The SMILES string of the molecule is COC(=O)C1=C(C)NC(=O)N[C@H]1c1cc(Cl)c(OC(F)F)c(OC)c1. The molecule has 1 heterocycles. The maximum Gasteiger partial charge on any atom is 0.387 e. The minimum atomic E-state index is -3.09. The first kappa shape index (κ1) is 18.8. The van der Waals surface area contributed by atoms with Crippen molar-refractivity contribution in [3.05, 3.63) is 34.0 Å². The minimum absolute atomic E-state index is 0.0718. The van der Waals surface area contributed by atoms with Gasteiger partial charge in [-0.2, -0.15) is 8.78 Å². The summed E-state index contributed by atoms with van der Waals surface area (Å²) in [7, 11) is 2.44. The molecule has 0 spiro atoms. The molecule has 1 aliphatic rings. The number of allylic oxidation sites excluding steroid dienone is 1. The number of hydrogen-bond donors (Lipinski definition) is 2. The molecule has 0 radical (unpaired) electrons. The number of nitrogens with one attached hydrogen (secondary N) is 2. The van der Waals surface area contributed by atoms with Gasteiger partial charge in [-0.1, -0.05) is 11.6 Å². The molecular formula is C15H15ClF2N2O5. The Hall–Kier alpha value is -2.55. The van der Waals surface area contributed by atoms with Gasteiger partial charge >= 0.3 is 18.6 Å². The lowest BCUT2D eigenvalue weighted by atomic mass is 9.95. The summed E-state index contributed by atoms with van der Waals surface area (Å²) in [5.41, 5.74) is 0.768. The Bertz CT molecular complexity index is 739. The zero-order valence-corrected chi connectivity index (χ0v) is 14.2. The van der Waals surface area contributed by atoms with Crippen LogP contribution in [0.1, 0.15) is 18.5 Å². The van der Waals surface area contributed by atoms with E-state index in [-0.39, 0.29) is 22.1 Å². The second kappa shape index (κ2) is 7.56. The number of halogens is 3. The fraction of sp³-hybridized carbons (Fsp3) is 0.333. The van der Waals surface area contributed by atoms with Crippen molar-refractivity contribution in [3.63, 3.8) is 0 Å². The van der Waals surface area contributed by atoms with Crippen molar-refractivity contribution in [2.24, 2.45) is 0 Å². The average molecular weight is 377 g/mol. The molecule has 2 N–H and O–H groups in total. The number of urea groups is 1. The van der Waals surface area contributed by atoms with Crippen molar-refractivity contribution >= 4 is 23.6 Å². The van der Waals surface area contributed by atoms with E-state index in [1.807, 2.05) is 0 Å². The Labute approximate surface area is 146 Å². The number of carbonyl (C=O) groups is 2. The van der Waals surface area contributed by atoms with Gasteiger partial charge in [-0.15, -0.1) is 0 Å². The summed E-state index contributed by atoms with van der Waals surface area (Å²) >= 11 is 6.01. The van der Waals surface area contributed by atoms with Gasteiger partial charge < -0.3 is 24.8 Å². The van der Waals surface area contributed by atoms with Crippen molar-refractivity contribution in [2.45, 2.75) is 19.6 Å². The Morgan fingerprint density at radius 3 is 2.56 bits per heavy atom. The number of carbonyl (C=O) groups excluding carboxylic acids is 2. The highest BCUT2D eigenvalue weighted by Gasteiger charge is 2.33. The summed E-state index contributed by atoms with van der Waals surface area (Å²) in [6.07, 6.45) is 0. The number of benzene rings is 1. The van der Waals surface area contributed by atoms with Gasteiger partial charge in [0.05, 0.1) is 30.9 Å². The first-order chi connectivity index (χ1) is 11.8. The normalized spacial score (nSPS) is 17.1. The van der Waals surface area contributed by atoms with Crippen LogP contribution in [-0.2, 0) is 9.53 Å². The average Bonchev–Trinajstić information content (AvgIpc) is 2.54. The highest BCUT2D eigenvalue weighted by Crippen LogP contribution is 2.40. The Morgan fingerprint density at radius 2 is 2.00 bits per heavy atom. The molecule has 0 fully saturated rings. The third-order valence-electron chi connectivity index (χ3n) is 3.47. The summed E-state index contributed by atoms with van der Waals surface area (Å²) in [6.45, 7) is -1.56. The monoisotopic (exact) mass is 376 g/mol. The second-order valence-corrected chi connectivity index (χ2v) is 5.38. The predicted octanol–water partition coefficient (Wildman–Crippen LogP) is 2.75. The third kappa shape index (κ3) is 3.93. The van der Waals surface area contributed by atoms with Gasteiger partial charge in [0, 0.05) is 5.70 Å². The molecule has 25 heavy (non-hydrogen) atoms. The summed E-state index contributed by atoms with van der Waals surface area (Å²) < 4.78 is 39.2. The number of hydrogen-bond acceptors (Lipinski definition) is 5. The van der Waals surface area contributed by atoms with Gasteiger partial charge in [0.2, 0.25) is 0 Å². The number of alkyl halides is 2. The molecule has 0 saturated carbocycles. The van der Waals surface area contributed by atoms with Crippen LogP contribution in [0.2, 0.25) is 5.02 Å². The number of esters is 1. The molecule has 1 aliphatic heterocycles. The van der Waals surface area contributed by atoms with Crippen LogP contribution in [0.5, 0.6) is 11.5 Å². The van der Waals surface area contributed by atoms with Crippen LogP contribution in [0, 0.1) is 0 Å². The van der Waals surface area contributed by atoms with Crippen molar-refractivity contribution in [3.8, 4) is 11.5 Å². The molecular weight excluding hydrogens is 362 g/mol. The van der Waals surface area contributed by atoms with E-state index in [1.165, 1.54) is 33.3 Å². The van der Waals surface area contributed by atoms with E-state index in [0.29, 0.717) is 11.3 Å². The maximum absolute atomic E-state index is 12.5. The number of methoxy groups -OCH3 is 2. The van der Waals surface area contributed by atoms with Crippen molar-refractivity contribution in [1.29, 1.82) is 0 Å². The summed E-state index contributed by atoms with van der Waals surface area (Å²) in [5, 5.41) is 4.86. The van der Waals surface area contributed by atoms with Gasteiger partial charge in [-0.05, 0) is 24.6 Å². The highest BCUT2D eigenvalue weighted by atomic mass is 35.5. The zero-order valence-electron chi connectivity index (χ0n) is 13.5. The maximum atomic E-state index is 12.5. The molecule has 0 saturated heterocycles. The van der Waals surface area contributed by atoms with Crippen LogP contribution >= 0.6 is 11.6 Å². The predicted molar refractivity (Wildman–Crippen MR) is 83.8 cm³/mol. The molecule has 7 nitrogen and oxygen atoms in total. The smallest absolute Gasteiger partial charge is 0.387 e. The fourth-order valence-corrected chi connectivity index (χ4v) is 2.70. The molecule has 1 aromatic carbocycles. The minimum Gasteiger partial charge on any atom is -0.493 e. The van der Waals surface area contributed by atoms with E-state index < -0.39 is 24.7 Å². The Kier molecular flexibility index (Phi) is 5.68. The largest absolute Gasteiger partial charge is 0.493 e. The summed E-state index contributed by atoms with van der Waals surface area (Å²) in [5.74, 6) is -1.08. The molecule has 2 rings (SSSR count). The first-order valence-corrected chi connectivity index (χ1v) is 7.35. The highest BCUT2D eigenvalue weighted by molar-refractivity contribution is 6.32. The lowest BCUT2D eigenvalue weighted by molar-refractivity contribution is -0.136. The lowest BCUT2D eigenvalue weighted by Crippen LogP contribution is -2.45. The van der Waals surface area contributed by atoms with Gasteiger partial charge in [0.1, 0.15) is 0 Å². The van der Waals surface area contributed by atoms with E-state index in [4.69, 9.17) is 21.1 Å².